The van der Waals surface area contributed by atoms with E-state index in [2.05, 4.69) is 0 Å². The Bertz CT molecular complexity index is 127. The van der Waals surface area contributed by atoms with Crippen molar-refractivity contribution >= 4 is 7.28 Å². The summed E-state index contributed by atoms with van der Waals surface area (Å²) in [6.07, 6.45) is 1.33. The average Bonchev–Trinajstić information content (AvgIpc) is 1.84. The van der Waals surface area contributed by atoms with Crippen LogP contribution in [0.2, 0.25) is 0 Å². The molecule has 0 aromatic rings. The van der Waals surface area contributed by atoms with Gasteiger partial charge in [0.1, 0.15) is 0 Å². The van der Waals surface area contributed by atoms with Crippen LogP contribution in [0.5, 0.6) is 0 Å². The Balaban J connectivity index is 4.35. The second kappa shape index (κ2) is 3.36. The van der Waals surface area contributed by atoms with E-state index in [4.69, 9.17) is 0 Å². The van der Waals surface area contributed by atoms with Gasteiger partial charge in [0.05, 0.1) is 0 Å². The third kappa shape index (κ3) is 3.04. The molecule has 0 aromatic carbocycles. The molecule has 11 heavy (non-hydrogen) atoms. The van der Waals surface area contributed by atoms with Crippen LogP contribution in [0, 0.1) is 0 Å². The molecule has 1 unspecified atom stereocenters. The maximum absolute atomic E-state index is 9.49. The van der Waals surface area contributed by atoms with Crippen LogP contribution >= 0.6 is 7.28 Å². The van der Waals surface area contributed by atoms with Gasteiger partial charge in [0.15, 0.2) is 0 Å². The molecule has 0 radical (unpaired) electrons. The van der Waals surface area contributed by atoms with Gasteiger partial charge in [-0.05, 0) is 0 Å². The van der Waals surface area contributed by atoms with Crippen molar-refractivity contribution in [3.63, 3.8) is 0 Å². The summed E-state index contributed by atoms with van der Waals surface area (Å²) in [4.78, 5) is 28.5. The van der Waals surface area contributed by atoms with Crippen molar-refractivity contribution in [2.24, 2.45) is 0 Å². The Labute approximate surface area is 68.2 Å². The quantitative estimate of drug-likeness (QED) is 0.577. The van der Waals surface area contributed by atoms with Crippen LogP contribution < -0.4 is 0 Å². The summed E-state index contributed by atoms with van der Waals surface area (Å²) in [6.45, 7) is 5.34. The topological polar surface area (TPSA) is 60.7 Å². The summed E-state index contributed by atoms with van der Waals surface area (Å²) in [6, 6.07) is 0. The zero-order valence-electron chi connectivity index (χ0n) is 7.49. The SMILES string of the molecule is CCCP(O)(O)(O)C(C)CC. The summed E-state index contributed by atoms with van der Waals surface area (Å²) >= 11 is 0. The first-order chi connectivity index (χ1) is 4.82. The molecule has 0 bridgehead atoms. The summed E-state index contributed by atoms with van der Waals surface area (Å²) in [7, 11) is -4.27. The molecule has 4 heteroatoms. The first-order valence-electron chi connectivity index (χ1n) is 4.07. The van der Waals surface area contributed by atoms with E-state index >= 15 is 0 Å². The summed E-state index contributed by atoms with van der Waals surface area (Å²) in [5, 5.41) is 0. The molecule has 0 spiro atoms. The molecule has 70 valence electrons. The molecule has 0 aliphatic carbocycles. The molecule has 0 saturated heterocycles. The minimum atomic E-state index is -4.27. The van der Waals surface area contributed by atoms with Gasteiger partial charge in [-0.15, -0.1) is 0 Å². The van der Waals surface area contributed by atoms with E-state index in [1.54, 1.807) is 6.92 Å². The van der Waals surface area contributed by atoms with E-state index in [0.29, 0.717) is 12.8 Å². The monoisotopic (exact) mass is 182 g/mol. The first kappa shape index (κ1) is 11.3. The van der Waals surface area contributed by atoms with Gasteiger partial charge in [0.25, 0.3) is 0 Å². The van der Waals surface area contributed by atoms with Gasteiger partial charge >= 0.3 is 67.4 Å². The molecule has 0 amide bonds. The molecule has 0 aliphatic heterocycles. The fourth-order valence-electron chi connectivity index (χ4n) is 1.02. The van der Waals surface area contributed by atoms with Gasteiger partial charge in [-0.25, -0.2) is 0 Å². The van der Waals surface area contributed by atoms with Crippen LogP contribution in [0.25, 0.3) is 0 Å². The molecule has 0 rings (SSSR count). The van der Waals surface area contributed by atoms with E-state index in [-0.39, 0.29) is 11.8 Å². The molecular weight excluding hydrogens is 163 g/mol. The fraction of sp³-hybridized carbons (Fsp3) is 1.00. The third-order valence-electron chi connectivity index (χ3n) is 2.15. The van der Waals surface area contributed by atoms with Crippen LogP contribution in [-0.4, -0.2) is 26.5 Å². The second-order valence-corrected chi connectivity index (χ2v) is 6.97. The number of hydrogen-bond donors (Lipinski definition) is 3. The Morgan fingerprint density at radius 3 is 1.91 bits per heavy atom. The molecule has 3 nitrogen and oxygen atoms in total. The van der Waals surface area contributed by atoms with Gasteiger partial charge in [0.2, 0.25) is 0 Å². The Hall–Kier alpha value is 0.310. The third-order valence-corrected chi connectivity index (χ3v) is 5.62. The van der Waals surface area contributed by atoms with E-state index in [9.17, 15) is 14.7 Å². The first-order valence-corrected chi connectivity index (χ1v) is 6.42. The summed E-state index contributed by atoms with van der Waals surface area (Å²) < 4.78 is 0. The molecule has 0 aliphatic rings. The van der Waals surface area contributed by atoms with Gasteiger partial charge in [-0.3, -0.25) is 0 Å². The molecule has 0 aromatic heterocycles. The zero-order chi connectivity index (χ0) is 9.15. The van der Waals surface area contributed by atoms with Crippen molar-refractivity contribution in [3.8, 4) is 0 Å². The van der Waals surface area contributed by atoms with Gasteiger partial charge in [-0.2, -0.15) is 0 Å². The van der Waals surface area contributed by atoms with Crippen LogP contribution in [0.4, 0.5) is 0 Å². The fourth-order valence-corrected chi connectivity index (χ4v) is 3.07. The van der Waals surface area contributed by atoms with E-state index < -0.39 is 7.28 Å². The molecule has 3 N–H and O–H groups in total. The van der Waals surface area contributed by atoms with Gasteiger partial charge in [-0.1, -0.05) is 0 Å². The number of hydrogen-bond acceptors (Lipinski definition) is 3. The Morgan fingerprint density at radius 2 is 1.64 bits per heavy atom. The van der Waals surface area contributed by atoms with Crippen LogP contribution in [-0.2, 0) is 0 Å². The maximum atomic E-state index is 9.49. The molecule has 0 saturated carbocycles. The minimum absolute atomic E-state index is 0.126. The van der Waals surface area contributed by atoms with E-state index in [0.717, 1.165) is 0 Å². The standard InChI is InChI=1S/C7H19O3P/c1-4-6-11(8,9,10)7(3)5-2/h7-10H,4-6H2,1-3H3. The Kier molecular flexibility index (Phi) is 3.45. The van der Waals surface area contributed by atoms with Crippen LogP contribution in [0.3, 0.4) is 0 Å². The van der Waals surface area contributed by atoms with Gasteiger partial charge in [0, 0.05) is 0 Å². The van der Waals surface area contributed by atoms with E-state index in [1.807, 2.05) is 13.8 Å². The van der Waals surface area contributed by atoms with Crippen molar-refractivity contribution in [1.29, 1.82) is 0 Å². The Morgan fingerprint density at radius 1 is 1.18 bits per heavy atom. The van der Waals surface area contributed by atoms with Crippen molar-refractivity contribution in [1.82, 2.24) is 0 Å². The average molecular weight is 182 g/mol. The molecule has 0 fully saturated rings. The van der Waals surface area contributed by atoms with Crippen molar-refractivity contribution in [3.05, 3.63) is 0 Å². The second-order valence-electron chi connectivity index (χ2n) is 3.20. The number of rotatable bonds is 4. The van der Waals surface area contributed by atoms with Crippen molar-refractivity contribution in [2.45, 2.75) is 39.3 Å². The predicted molar refractivity (Wildman–Crippen MR) is 48.5 cm³/mol. The van der Waals surface area contributed by atoms with Crippen LogP contribution in [0.1, 0.15) is 33.6 Å². The van der Waals surface area contributed by atoms with Gasteiger partial charge < -0.3 is 0 Å². The predicted octanol–water partition coefficient (Wildman–Crippen LogP) is 1.47. The van der Waals surface area contributed by atoms with Crippen LogP contribution in [0.15, 0.2) is 0 Å². The molecule has 1 atom stereocenters. The van der Waals surface area contributed by atoms with Crippen molar-refractivity contribution in [2.75, 3.05) is 6.16 Å². The summed E-state index contributed by atoms with van der Waals surface area (Å²) in [5.41, 5.74) is -0.388. The zero-order valence-corrected chi connectivity index (χ0v) is 8.38. The van der Waals surface area contributed by atoms with Crippen molar-refractivity contribution < 1.29 is 14.7 Å². The summed E-state index contributed by atoms with van der Waals surface area (Å²) in [5.74, 6) is 0. The molecule has 0 heterocycles. The normalized spacial score (nSPS) is 18.9. The van der Waals surface area contributed by atoms with E-state index in [1.165, 1.54) is 0 Å². The molecular formula is C7H19O3P.